The van der Waals surface area contributed by atoms with Crippen LogP contribution < -0.4 is 21.7 Å². The average Bonchev–Trinajstić information content (AvgIpc) is 2.93. The number of rotatable bonds is 16. The lowest BCUT2D eigenvalue weighted by atomic mass is 10.0. The Bertz CT molecular complexity index is 1190. The van der Waals surface area contributed by atoms with Crippen LogP contribution in [-0.2, 0) is 36.9 Å². The van der Waals surface area contributed by atoms with Gasteiger partial charge in [0.05, 0.1) is 0 Å². The molecule has 4 amide bonds. The molecule has 0 aliphatic heterocycles. The molecule has 0 aliphatic carbocycles. The molecule has 0 heterocycles. The summed E-state index contributed by atoms with van der Waals surface area (Å²) in [4.78, 5) is 61.6. The van der Waals surface area contributed by atoms with E-state index in [0.29, 0.717) is 0 Å². The molecule has 0 fully saturated rings. The van der Waals surface area contributed by atoms with Gasteiger partial charge in [-0.25, -0.2) is 9.59 Å². The minimum atomic E-state index is -1.22. The molecule has 2 aromatic rings. The van der Waals surface area contributed by atoms with Gasteiger partial charge >= 0.3 is 12.1 Å². The quantitative estimate of drug-likeness (QED) is 0.194. The summed E-state index contributed by atoms with van der Waals surface area (Å²) in [6, 6.07) is 15.2. The van der Waals surface area contributed by atoms with Crippen LogP contribution in [0.3, 0.4) is 0 Å². The third-order valence-corrected chi connectivity index (χ3v) is 5.94. The number of nitrogens with one attached hydrogen (secondary N) is 3. The summed E-state index contributed by atoms with van der Waals surface area (Å²) in [6.45, 7) is 3.81. The van der Waals surface area contributed by atoms with E-state index >= 15 is 0 Å². The second kappa shape index (κ2) is 17.1. The summed E-state index contributed by atoms with van der Waals surface area (Å²) >= 11 is 0. The first-order valence-corrected chi connectivity index (χ1v) is 13.3. The molecule has 0 aromatic heterocycles. The highest BCUT2D eigenvalue weighted by molar-refractivity contribution is 5.91. The number of nitrogens with two attached hydrogens (primary N) is 1. The fourth-order valence-corrected chi connectivity index (χ4v) is 3.94. The van der Waals surface area contributed by atoms with Crippen molar-refractivity contribution in [2.24, 2.45) is 11.7 Å². The molecule has 0 spiro atoms. The summed E-state index contributed by atoms with van der Waals surface area (Å²) in [5, 5.41) is 17.0. The van der Waals surface area contributed by atoms with Crippen molar-refractivity contribution in [1.29, 1.82) is 0 Å². The van der Waals surface area contributed by atoms with Crippen LogP contribution in [0.1, 0.15) is 44.2 Å². The van der Waals surface area contributed by atoms with E-state index in [1.807, 2.05) is 38.1 Å². The number of ether oxygens (including phenoxy) is 1. The van der Waals surface area contributed by atoms with Gasteiger partial charge in [-0.15, -0.1) is 0 Å². The number of alkyl carbamates (subject to hydrolysis) is 1. The molecule has 3 atom stereocenters. The van der Waals surface area contributed by atoms with Gasteiger partial charge in [-0.2, -0.15) is 0 Å². The van der Waals surface area contributed by atoms with Gasteiger partial charge in [0.2, 0.25) is 17.7 Å². The van der Waals surface area contributed by atoms with Crippen LogP contribution in [0.15, 0.2) is 72.8 Å². The molecular formula is C30H38N4O7. The zero-order valence-corrected chi connectivity index (χ0v) is 23.2. The van der Waals surface area contributed by atoms with E-state index in [9.17, 15) is 24.0 Å². The first-order valence-electron chi connectivity index (χ1n) is 13.3. The molecule has 0 unspecified atom stereocenters. The number of carbonyl (C=O) groups excluding carboxylic acids is 4. The van der Waals surface area contributed by atoms with Gasteiger partial charge in [0.25, 0.3) is 0 Å². The number of aliphatic carboxylic acids is 1. The van der Waals surface area contributed by atoms with Crippen LogP contribution >= 0.6 is 0 Å². The monoisotopic (exact) mass is 566 g/mol. The number of amides is 4. The molecule has 41 heavy (non-hydrogen) atoms. The minimum Gasteiger partial charge on any atom is -0.478 e. The number of benzene rings is 2. The average molecular weight is 567 g/mol. The molecule has 0 saturated heterocycles. The zero-order chi connectivity index (χ0) is 30.2. The maximum Gasteiger partial charge on any atom is 0.408 e. The third kappa shape index (κ3) is 13.3. The van der Waals surface area contributed by atoms with Crippen molar-refractivity contribution >= 4 is 29.8 Å². The van der Waals surface area contributed by atoms with Crippen LogP contribution in [0.25, 0.3) is 0 Å². The standard InChI is InChI=1S/C30H38N4O7/c1-20(2)17-24(34-30(40)41-19-22-11-7-4-8-12-22)29(39)33-25(18-21-9-5-3-6-10-21)28(38)32-23(13-15-26(31)35)14-16-27(36)37/h3-12,14,16,20,23-25H,13,15,17-19H2,1-2H3,(H2,31,35)(H,32,38)(H,33,39)(H,34,40)(H,36,37)/b16-14+/t23-,24-,25-/m0/s1. The van der Waals surface area contributed by atoms with Gasteiger partial charge in [0.15, 0.2) is 0 Å². The fourth-order valence-electron chi connectivity index (χ4n) is 3.94. The van der Waals surface area contributed by atoms with Crippen molar-refractivity contribution < 1.29 is 33.8 Å². The molecule has 0 radical (unpaired) electrons. The van der Waals surface area contributed by atoms with Gasteiger partial charge in [0.1, 0.15) is 18.7 Å². The van der Waals surface area contributed by atoms with Crippen LogP contribution in [0, 0.1) is 5.92 Å². The number of hydrogen-bond acceptors (Lipinski definition) is 6. The van der Waals surface area contributed by atoms with Crippen molar-refractivity contribution in [1.82, 2.24) is 16.0 Å². The molecule has 11 nitrogen and oxygen atoms in total. The maximum absolute atomic E-state index is 13.4. The van der Waals surface area contributed by atoms with Crippen molar-refractivity contribution in [3.05, 3.63) is 83.9 Å². The van der Waals surface area contributed by atoms with Gasteiger partial charge < -0.3 is 31.5 Å². The van der Waals surface area contributed by atoms with Crippen molar-refractivity contribution in [3.8, 4) is 0 Å². The summed E-state index contributed by atoms with van der Waals surface area (Å²) in [5.41, 5.74) is 6.78. The Morgan fingerprint density at radius 3 is 2.00 bits per heavy atom. The molecular weight excluding hydrogens is 528 g/mol. The predicted molar refractivity (Wildman–Crippen MR) is 152 cm³/mol. The van der Waals surface area contributed by atoms with E-state index in [4.69, 9.17) is 15.6 Å². The van der Waals surface area contributed by atoms with Gasteiger partial charge in [-0.05, 0) is 29.9 Å². The zero-order valence-electron chi connectivity index (χ0n) is 23.2. The summed E-state index contributed by atoms with van der Waals surface area (Å²) in [7, 11) is 0. The Balaban J connectivity index is 2.19. The molecule has 0 aliphatic rings. The Morgan fingerprint density at radius 2 is 1.44 bits per heavy atom. The lowest BCUT2D eigenvalue weighted by Crippen LogP contribution is -2.55. The Kier molecular flexibility index (Phi) is 13.6. The highest BCUT2D eigenvalue weighted by atomic mass is 16.5. The van der Waals surface area contributed by atoms with Crippen LogP contribution in [-0.4, -0.2) is 53.0 Å². The molecule has 0 saturated carbocycles. The molecule has 2 rings (SSSR count). The number of hydrogen-bond donors (Lipinski definition) is 5. The highest BCUT2D eigenvalue weighted by Crippen LogP contribution is 2.10. The third-order valence-electron chi connectivity index (χ3n) is 5.94. The Hall–Kier alpha value is -4.67. The van der Waals surface area contributed by atoms with E-state index < -0.39 is 47.9 Å². The first-order chi connectivity index (χ1) is 19.5. The van der Waals surface area contributed by atoms with Crippen LogP contribution in [0.4, 0.5) is 4.79 Å². The lowest BCUT2D eigenvalue weighted by molar-refractivity contribution is -0.131. The molecule has 2 aromatic carbocycles. The van der Waals surface area contributed by atoms with E-state index in [2.05, 4.69) is 16.0 Å². The highest BCUT2D eigenvalue weighted by Gasteiger charge is 2.29. The van der Waals surface area contributed by atoms with Crippen LogP contribution in [0.2, 0.25) is 0 Å². The van der Waals surface area contributed by atoms with E-state index in [1.54, 1.807) is 36.4 Å². The van der Waals surface area contributed by atoms with Crippen molar-refractivity contribution in [3.63, 3.8) is 0 Å². The second-order valence-corrected chi connectivity index (χ2v) is 9.96. The Labute approximate surface area is 239 Å². The SMILES string of the molecule is CC(C)C[C@H](NC(=O)OCc1ccccc1)C(=O)N[C@@H](Cc1ccccc1)C(=O)N[C@H](/C=C/C(=O)O)CCC(N)=O. The van der Waals surface area contributed by atoms with Crippen molar-refractivity contribution in [2.45, 2.75) is 64.3 Å². The minimum absolute atomic E-state index is 0.0261. The van der Waals surface area contributed by atoms with Gasteiger partial charge in [-0.3, -0.25) is 14.4 Å². The van der Waals surface area contributed by atoms with E-state index in [-0.39, 0.29) is 38.2 Å². The molecule has 0 bridgehead atoms. The topological polar surface area (TPSA) is 177 Å². The van der Waals surface area contributed by atoms with Crippen LogP contribution in [0.5, 0.6) is 0 Å². The first kappa shape index (κ1) is 32.5. The fraction of sp³-hybridized carbons (Fsp3) is 0.367. The number of primary amides is 1. The predicted octanol–water partition coefficient (Wildman–Crippen LogP) is 2.45. The second-order valence-electron chi connectivity index (χ2n) is 9.96. The van der Waals surface area contributed by atoms with Crippen molar-refractivity contribution in [2.75, 3.05) is 0 Å². The summed E-state index contributed by atoms with van der Waals surface area (Å²) in [5.74, 6) is -2.98. The number of carboxylic acid groups (broad SMARTS) is 1. The molecule has 11 heteroatoms. The summed E-state index contributed by atoms with van der Waals surface area (Å²) < 4.78 is 5.28. The summed E-state index contributed by atoms with van der Waals surface area (Å²) in [6.07, 6.45) is 1.73. The molecule has 220 valence electrons. The number of carbonyl (C=O) groups is 5. The van der Waals surface area contributed by atoms with E-state index in [0.717, 1.165) is 17.2 Å². The largest absolute Gasteiger partial charge is 0.478 e. The Morgan fingerprint density at radius 1 is 0.854 bits per heavy atom. The molecule has 6 N–H and O–H groups in total. The smallest absolute Gasteiger partial charge is 0.408 e. The number of carboxylic acids is 1. The normalized spacial score (nSPS) is 13.1. The maximum atomic E-state index is 13.4. The van der Waals surface area contributed by atoms with E-state index in [1.165, 1.54) is 6.08 Å². The lowest BCUT2D eigenvalue weighted by Gasteiger charge is -2.25. The van der Waals surface area contributed by atoms with Gasteiger partial charge in [0, 0.05) is 25.0 Å². The van der Waals surface area contributed by atoms with Gasteiger partial charge in [-0.1, -0.05) is 80.6 Å².